The van der Waals surface area contributed by atoms with Crippen LogP contribution in [-0.2, 0) is 0 Å². The van der Waals surface area contributed by atoms with Gasteiger partial charge in [0.2, 0.25) is 0 Å². The van der Waals surface area contributed by atoms with Gasteiger partial charge in [0.1, 0.15) is 5.58 Å². The molecular formula is C17H11ClN2O3S. The van der Waals surface area contributed by atoms with Crippen LogP contribution in [0, 0.1) is 0 Å². The van der Waals surface area contributed by atoms with Crippen molar-refractivity contribution in [2.24, 2.45) is 0 Å². The summed E-state index contributed by atoms with van der Waals surface area (Å²) in [7, 11) is 0. The van der Waals surface area contributed by atoms with E-state index in [1.54, 1.807) is 48.5 Å². The number of nitrogens with one attached hydrogen (secondary N) is 2. The normalized spacial score (nSPS) is 10.4. The quantitative estimate of drug-likeness (QED) is 0.541. The van der Waals surface area contributed by atoms with Gasteiger partial charge in [-0.1, -0.05) is 11.6 Å². The number of carbonyl (C=O) groups excluding carboxylic acids is 1. The Kier molecular flexibility index (Phi) is 4.59. The number of hydrogen-bond donors (Lipinski definition) is 2. The Balaban J connectivity index is 1.70. The van der Waals surface area contributed by atoms with Gasteiger partial charge in [0.25, 0.3) is 5.91 Å². The maximum Gasteiger partial charge on any atom is 0.336 e. The van der Waals surface area contributed by atoms with Gasteiger partial charge in [0.15, 0.2) is 5.11 Å². The van der Waals surface area contributed by atoms with Gasteiger partial charge in [-0.25, -0.2) is 4.79 Å². The standard InChI is InChI=1S/C17H11ClN2O3S/c18-12-4-1-10(2-5-12)16(22)20-17(24)19-13-6-7-14-11(9-13)3-8-15(21)23-14/h1-9H,(H2,19,20,22,24). The van der Waals surface area contributed by atoms with Crippen molar-refractivity contribution in [3.05, 3.63) is 75.6 Å². The van der Waals surface area contributed by atoms with E-state index in [-0.39, 0.29) is 11.0 Å². The summed E-state index contributed by atoms with van der Waals surface area (Å²) in [6.07, 6.45) is 0. The van der Waals surface area contributed by atoms with Gasteiger partial charge in [0, 0.05) is 27.7 Å². The van der Waals surface area contributed by atoms with Gasteiger partial charge in [-0.05, 0) is 60.7 Å². The van der Waals surface area contributed by atoms with Crippen LogP contribution in [0.5, 0.6) is 0 Å². The second kappa shape index (κ2) is 6.82. The minimum Gasteiger partial charge on any atom is -0.423 e. The maximum atomic E-state index is 12.1. The highest BCUT2D eigenvalue weighted by atomic mass is 35.5. The average molecular weight is 359 g/mol. The Hall–Kier alpha value is -2.70. The van der Waals surface area contributed by atoms with E-state index < -0.39 is 5.63 Å². The van der Waals surface area contributed by atoms with Crippen LogP contribution in [0.15, 0.2) is 63.8 Å². The fourth-order valence-electron chi connectivity index (χ4n) is 2.09. The van der Waals surface area contributed by atoms with E-state index in [0.29, 0.717) is 21.9 Å². The van der Waals surface area contributed by atoms with Gasteiger partial charge in [-0.3, -0.25) is 10.1 Å². The van der Waals surface area contributed by atoms with Crippen molar-refractivity contribution in [1.29, 1.82) is 0 Å². The van der Waals surface area contributed by atoms with Crippen molar-refractivity contribution in [1.82, 2.24) is 5.32 Å². The molecule has 7 heteroatoms. The zero-order valence-corrected chi connectivity index (χ0v) is 13.8. The third-order valence-electron chi connectivity index (χ3n) is 3.21. The molecule has 0 saturated heterocycles. The van der Waals surface area contributed by atoms with Crippen LogP contribution >= 0.6 is 23.8 Å². The number of fused-ring (bicyclic) bond motifs is 1. The zero-order valence-electron chi connectivity index (χ0n) is 12.2. The number of benzene rings is 2. The molecule has 0 aliphatic heterocycles. The molecule has 0 saturated carbocycles. The van der Waals surface area contributed by atoms with Crippen LogP contribution in [0.4, 0.5) is 5.69 Å². The maximum absolute atomic E-state index is 12.1. The third-order valence-corrected chi connectivity index (χ3v) is 3.67. The number of rotatable bonds is 2. The molecule has 1 amide bonds. The lowest BCUT2D eigenvalue weighted by molar-refractivity contribution is 0.0978. The predicted octanol–water partition coefficient (Wildman–Crippen LogP) is 3.57. The SMILES string of the molecule is O=C(NC(=S)Nc1ccc2oc(=O)ccc2c1)c1ccc(Cl)cc1. The zero-order chi connectivity index (χ0) is 17.1. The summed E-state index contributed by atoms with van der Waals surface area (Å²) in [5.41, 5.74) is 1.18. The van der Waals surface area contributed by atoms with E-state index in [1.807, 2.05) is 0 Å². The van der Waals surface area contributed by atoms with Crippen LogP contribution in [-0.4, -0.2) is 11.0 Å². The molecule has 120 valence electrons. The van der Waals surface area contributed by atoms with E-state index >= 15 is 0 Å². The van der Waals surface area contributed by atoms with Crippen LogP contribution in [0.2, 0.25) is 5.02 Å². The molecule has 3 aromatic rings. The van der Waals surface area contributed by atoms with Crippen LogP contribution in [0.25, 0.3) is 11.0 Å². The Morgan fingerprint density at radius 1 is 1.04 bits per heavy atom. The van der Waals surface area contributed by atoms with Crippen LogP contribution in [0.1, 0.15) is 10.4 Å². The first-order valence-electron chi connectivity index (χ1n) is 6.93. The average Bonchev–Trinajstić information content (AvgIpc) is 2.55. The van der Waals surface area contributed by atoms with Gasteiger partial charge in [0.05, 0.1) is 0 Å². The molecule has 0 aliphatic rings. The van der Waals surface area contributed by atoms with Crippen LogP contribution < -0.4 is 16.3 Å². The van der Waals surface area contributed by atoms with Crippen molar-refractivity contribution in [3.63, 3.8) is 0 Å². The second-order valence-corrected chi connectivity index (χ2v) is 5.77. The Labute approximate surface area is 147 Å². The first-order valence-corrected chi connectivity index (χ1v) is 7.72. The van der Waals surface area contributed by atoms with Crippen LogP contribution in [0.3, 0.4) is 0 Å². The predicted molar refractivity (Wildman–Crippen MR) is 97.6 cm³/mol. The van der Waals surface area contributed by atoms with Gasteiger partial charge >= 0.3 is 5.63 Å². The molecule has 1 aromatic heterocycles. The lowest BCUT2D eigenvalue weighted by atomic mass is 10.2. The molecule has 0 spiro atoms. The molecular weight excluding hydrogens is 348 g/mol. The topological polar surface area (TPSA) is 71.3 Å². The molecule has 24 heavy (non-hydrogen) atoms. The van der Waals surface area contributed by atoms with Gasteiger partial charge < -0.3 is 9.73 Å². The highest BCUT2D eigenvalue weighted by Gasteiger charge is 2.08. The molecule has 0 aliphatic carbocycles. The van der Waals surface area contributed by atoms with E-state index in [1.165, 1.54) is 6.07 Å². The molecule has 2 N–H and O–H groups in total. The summed E-state index contributed by atoms with van der Waals surface area (Å²) in [4.78, 5) is 23.2. The molecule has 2 aromatic carbocycles. The molecule has 0 atom stereocenters. The van der Waals surface area contributed by atoms with E-state index in [9.17, 15) is 9.59 Å². The monoisotopic (exact) mass is 358 g/mol. The van der Waals surface area contributed by atoms with Gasteiger partial charge in [-0.2, -0.15) is 0 Å². The summed E-state index contributed by atoms with van der Waals surface area (Å²) in [5, 5.41) is 6.95. The number of amides is 1. The number of thiocarbonyl (C=S) groups is 1. The summed E-state index contributed by atoms with van der Waals surface area (Å²) in [5.74, 6) is -0.337. The molecule has 0 fully saturated rings. The van der Waals surface area contributed by atoms with Crippen molar-refractivity contribution in [2.45, 2.75) is 0 Å². The molecule has 3 rings (SSSR count). The smallest absolute Gasteiger partial charge is 0.336 e. The van der Waals surface area contributed by atoms with E-state index in [4.69, 9.17) is 28.2 Å². The summed E-state index contributed by atoms with van der Waals surface area (Å²) >= 11 is 10.9. The molecule has 5 nitrogen and oxygen atoms in total. The second-order valence-electron chi connectivity index (χ2n) is 4.92. The summed E-state index contributed by atoms with van der Waals surface area (Å²) in [6.45, 7) is 0. The molecule has 0 bridgehead atoms. The van der Waals surface area contributed by atoms with Crippen molar-refractivity contribution >= 4 is 51.5 Å². The minimum atomic E-state index is -0.408. The van der Waals surface area contributed by atoms with Crippen molar-refractivity contribution in [3.8, 4) is 0 Å². The Morgan fingerprint density at radius 2 is 1.79 bits per heavy atom. The summed E-state index contributed by atoms with van der Waals surface area (Å²) in [6, 6.07) is 14.6. The number of anilines is 1. The number of hydrogen-bond acceptors (Lipinski definition) is 4. The first-order chi connectivity index (χ1) is 11.5. The van der Waals surface area contributed by atoms with Crippen molar-refractivity contribution in [2.75, 3.05) is 5.32 Å². The Morgan fingerprint density at radius 3 is 2.54 bits per heavy atom. The number of halogens is 1. The highest BCUT2D eigenvalue weighted by Crippen LogP contribution is 2.17. The molecule has 0 unspecified atom stereocenters. The van der Waals surface area contributed by atoms with Crippen molar-refractivity contribution < 1.29 is 9.21 Å². The largest absolute Gasteiger partial charge is 0.423 e. The third kappa shape index (κ3) is 3.79. The van der Waals surface area contributed by atoms with E-state index in [2.05, 4.69) is 10.6 Å². The van der Waals surface area contributed by atoms with Gasteiger partial charge in [-0.15, -0.1) is 0 Å². The fourth-order valence-corrected chi connectivity index (χ4v) is 2.43. The van der Waals surface area contributed by atoms with E-state index in [0.717, 1.165) is 5.39 Å². The minimum absolute atomic E-state index is 0.159. The first kappa shape index (κ1) is 16.2. The lowest BCUT2D eigenvalue weighted by Crippen LogP contribution is -2.34. The number of carbonyl (C=O) groups is 1. The molecule has 0 radical (unpaired) electrons. The fraction of sp³-hybridized carbons (Fsp3) is 0. The lowest BCUT2D eigenvalue weighted by Gasteiger charge is -2.10. The molecule has 1 heterocycles. The highest BCUT2D eigenvalue weighted by molar-refractivity contribution is 7.80. The Bertz CT molecular complexity index is 983. The summed E-state index contributed by atoms with van der Waals surface area (Å²) < 4.78 is 5.06.